The number of benzene rings is 1. The zero-order valence-corrected chi connectivity index (χ0v) is 10.4. The van der Waals surface area contributed by atoms with Crippen LogP contribution in [0.4, 0.5) is 13.6 Å². The topological polar surface area (TPSA) is 77.8 Å². The van der Waals surface area contributed by atoms with Crippen molar-refractivity contribution in [2.75, 3.05) is 6.54 Å². The van der Waals surface area contributed by atoms with E-state index in [2.05, 4.69) is 0 Å². The Morgan fingerprint density at radius 3 is 2.50 bits per heavy atom. The third-order valence-electron chi connectivity index (χ3n) is 3.52. The quantitative estimate of drug-likeness (QED) is 0.875. The van der Waals surface area contributed by atoms with Gasteiger partial charge in [0.1, 0.15) is 11.6 Å². The SMILES string of the molecule is O=C(O)C1CCN(C(=O)O)C(c2ccc(F)cc2F)C1. The molecule has 2 atom stereocenters. The van der Waals surface area contributed by atoms with Gasteiger partial charge in [0, 0.05) is 18.2 Å². The van der Waals surface area contributed by atoms with Crippen LogP contribution in [0.1, 0.15) is 24.4 Å². The van der Waals surface area contributed by atoms with E-state index in [1.165, 1.54) is 0 Å². The van der Waals surface area contributed by atoms with Gasteiger partial charge in [-0.25, -0.2) is 13.6 Å². The van der Waals surface area contributed by atoms with E-state index in [4.69, 9.17) is 10.2 Å². The first kappa shape index (κ1) is 14.2. The van der Waals surface area contributed by atoms with Crippen molar-refractivity contribution in [1.82, 2.24) is 4.90 Å². The summed E-state index contributed by atoms with van der Waals surface area (Å²) in [7, 11) is 0. The highest BCUT2D eigenvalue weighted by Crippen LogP contribution is 2.35. The first-order chi connectivity index (χ1) is 9.40. The molecule has 1 amide bonds. The van der Waals surface area contributed by atoms with Crippen LogP contribution in [0.25, 0.3) is 0 Å². The average molecular weight is 285 g/mol. The van der Waals surface area contributed by atoms with Gasteiger partial charge in [-0.3, -0.25) is 4.79 Å². The van der Waals surface area contributed by atoms with E-state index in [1.807, 2.05) is 0 Å². The summed E-state index contributed by atoms with van der Waals surface area (Å²) in [5, 5.41) is 18.1. The number of rotatable bonds is 2. The van der Waals surface area contributed by atoms with Crippen LogP contribution in [0.5, 0.6) is 0 Å². The van der Waals surface area contributed by atoms with Gasteiger partial charge in [-0.2, -0.15) is 0 Å². The van der Waals surface area contributed by atoms with Crippen LogP contribution in [0.15, 0.2) is 18.2 Å². The Labute approximate surface area is 113 Å². The van der Waals surface area contributed by atoms with Crippen molar-refractivity contribution in [3.63, 3.8) is 0 Å². The number of amides is 1. The molecule has 2 unspecified atom stereocenters. The van der Waals surface area contributed by atoms with Gasteiger partial charge in [0.25, 0.3) is 0 Å². The lowest BCUT2D eigenvalue weighted by atomic mass is 9.87. The van der Waals surface area contributed by atoms with E-state index in [0.717, 1.165) is 17.0 Å². The van der Waals surface area contributed by atoms with Gasteiger partial charge < -0.3 is 15.1 Å². The molecule has 1 saturated heterocycles. The second kappa shape index (κ2) is 5.44. The van der Waals surface area contributed by atoms with Crippen molar-refractivity contribution in [3.8, 4) is 0 Å². The van der Waals surface area contributed by atoms with E-state index in [9.17, 15) is 18.4 Å². The van der Waals surface area contributed by atoms with Crippen LogP contribution in [0, 0.1) is 17.6 Å². The molecule has 2 N–H and O–H groups in total. The lowest BCUT2D eigenvalue weighted by Crippen LogP contribution is -2.42. The number of halogens is 2. The Morgan fingerprint density at radius 1 is 1.25 bits per heavy atom. The van der Waals surface area contributed by atoms with Crippen LogP contribution < -0.4 is 0 Å². The molecule has 1 aromatic rings. The van der Waals surface area contributed by atoms with Crippen molar-refractivity contribution in [1.29, 1.82) is 0 Å². The molecule has 1 heterocycles. The smallest absolute Gasteiger partial charge is 0.407 e. The molecular formula is C13H13F2NO4. The van der Waals surface area contributed by atoms with Crippen molar-refractivity contribution in [2.45, 2.75) is 18.9 Å². The monoisotopic (exact) mass is 285 g/mol. The summed E-state index contributed by atoms with van der Waals surface area (Å²) in [6.45, 7) is 0.00772. The van der Waals surface area contributed by atoms with Gasteiger partial charge >= 0.3 is 12.1 Å². The maximum absolute atomic E-state index is 13.8. The first-order valence-electron chi connectivity index (χ1n) is 6.07. The number of aliphatic carboxylic acids is 1. The summed E-state index contributed by atoms with van der Waals surface area (Å²) in [5.41, 5.74) is -0.000231. The van der Waals surface area contributed by atoms with Crippen molar-refractivity contribution in [2.24, 2.45) is 5.92 Å². The largest absolute Gasteiger partial charge is 0.481 e. The third-order valence-corrected chi connectivity index (χ3v) is 3.52. The molecule has 20 heavy (non-hydrogen) atoms. The zero-order chi connectivity index (χ0) is 14.9. The van der Waals surface area contributed by atoms with Gasteiger partial charge in [-0.1, -0.05) is 6.07 Å². The van der Waals surface area contributed by atoms with Gasteiger partial charge in [0.05, 0.1) is 12.0 Å². The predicted octanol–water partition coefficient (Wildman–Crippen LogP) is 2.48. The molecule has 1 fully saturated rings. The molecule has 7 heteroatoms. The molecule has 1 aromatic carbocycles. The van der Waals surface area contributed by atoms with Gasteiger partial charge in [0.2, 0.25) is 0 Å². The molecule has 0 saturated carbocycles. The van der Waals surface area contributed by atoms with Gasteiger partial charge in [0.15, 0.2) is 0 Å². The third kappa shape index (κ3) is 2.71. The Hall–Kier alpha value is -2.18. The number of carbonyl (C=O) groups is 2. The first-order valence-corrected chi connectivity index (χ1v) is 6.07. The highest BCUT2D eigenvalue weighted by Gasteiger charge is 2.36. The maximum atomic E-state index is 13.8. The zero-order valence-electron chi connectivity index (χ0n) is 10.4. The van der Waals surface area contributed by atoms with Crippen molar-refractivity contribution >= 4 is 12.1 Å². The molecule has 0 spiro atoms. The van der Waals surface area contributed by atoms with Crippen LogP contribution in [0.3, 0.4) is 0 Å². The highest BCUT2D eigenvalue weighted by atomic mass is 19.1. The summed E-state index contributed by atoms with van der Waals surface area (Å²) in [4.78, 5) is 23.2. The second-order valence-electron chi connectivity index (χ2n) is 4.72. The number of hydrogen-bond acceptors (Lipinski definition) is 2. The predicted molar refractivity (Wildman–Crippen MR) is 64.2 cm³/mol. The fourth-order valence-electron chi connectivity index (χ4n) is 2.49. The van der Waals surface area contributed by atoms with Crippen LogP contribution >= 0.6 is 0 Å². The molecule has 0 aliphatic carbocycles. The van der Waals surface area contributed by atoms with E-state index in [0.29, 0.717) is 6.07 Å². The lowest BCUT2D eigenvalue weighted by molar-refractivity contribution is -0.144. The highest BCUT2D eigenvalue weighted by molar-refractivity contribution is 5.71. The minimum absolute atomic E-state index is 0.000231. The number of likely N-dealkylation sites (tertiary alicyclic amines) is 1. The fraction of sp³-hybridized carbons (Fsp3) is 0.385. The molecular weight excluding hydrogens is 272 g/mol. The Morgan fingerprint density at radius 2 is 1.95 bits per heavy atom. The minimum atomic E-state index is -1.25. The summed E-state index contributed by atoms with van der Waals surface area (Å²) in [5.74, 6) is -3.41. The molecule has 0 radical (unpaired) electrons. The molecule has 0 bridgehead atoms. The molecule has 108 valence electrons. The maximum Gasteiger partial charge on any atom is 0.407 e. The Kier molecular flexibility index (Phi) is 3.87. The average Bonchev–Trinajstić information content (AvgIpc) is 2.37. The van der Waals surface area contributed by atoms with Gasteiger partial charge in [-0.15, -0.1) is 0 Å². The molecule has 1 aliphatic heterocycles. The van der Waals surface area contributed by atoms with Crippen LogP contribution in [-0.2, 0) is 4.79 Å². The number of piperidine rings is 1. The van der Waals surface area contributed by atoms with Crippen LogP contribution in [0.2, 0.25) is 0 Å². The van der Waals surface area contributed by atoms with E-state index in [-0.39, 0.29) is 24.9 Å². The molecule has 2 rings (SSSR count). The minimum Gasteiger partial charge on any atom is -0.481 e. The Bertz CT molecular complexity index is 549. The fourth-order valence-corrected chi connectivity index (χ4v) is 2.49. The van der Waals surface area contributed by atoms with Crippen molar-refractivity contribution < 1.29 is 28.6 Å². The summed E-state index contributed by atoms with van der Waals surface area (Å²) in [6.07, 6.45) is -1.09. The standard InChI is InChI=1S/C13H13F2NO4/c14-8-1-2-9(10(15)6-8)11-5-7(12(17)18)3-4-16(11)13(19)20/h1-2,6-7,11H,3-5H2,(H,17,18)(H,19,20). The normalized spacial score (nSPS) is 22.6. The summed E-state index contributed by atoms with van der Waals surface area (Å²) in [6, 6.07) is 1.95. The number of hydrogen-bond donors (Lipinski definition) is 2. The van der Waals surface area contributed by atoms with E-state index < -0.39 is 35.7 Å². The molecule has 1 aliphatic rings. The van der Waals surface area contributed by atoms with Crippen LogP contribution in [-0.4, -0.2) is 33.7 Å². The molecule has 0 aromatic heterocycles. The molecule has 5 nitrogen and oxygen atoms in total. The Balaban J connectivity index is 2.36. The number of carboxylic acid groups (broad SMARTS) is 2. The number of carboxylic acids is 1. The summed E-state index contributed by atoms with van der Waals surface area (Å²) < 4.78 is 26.7. The lowest BCUT2D eigenvalue weighted by Gasteiger charge is -2.36. The second-order valence-corrected chi connectivity index (χ2v) is 4.72. The van der Waals surface area contributed by atoms with E-state index in [1.54, 1.807) is 0 Å². The summed E-state index contributed by atoms with van der Waals surface area (Å²) >= 11 is 0. The van der Waals surface area contributed by atoms with Crippen molar-refractivity contribution in [3.05, 3.63) is 35.4 Å². The van der Waals surface area contributed by atoms with E-state index >= 15 is 0 Å². The van der Waals surface area contributed by atoms with Gasteiger partial charge in [-0.05, 0) is 18.9 Å². The number of nitrogens with zero attached hydrogens (tertiary/aromatic N) is 1.